The van der Waals surface area contributed by atoms with Gasteiger partial charge in [-0.25, -0.2) is 13.1 Å². The summed E-state index contributed by atoms with van der Waals surface area (Å²) in [7, 11) is -3.83. The molecule has 0 bridgehead atoms. The van der Waals surface area contributed by atoms with Gasteiger partial charge >= 0.3 is 0 Å². The van der Waals surface area contributed by atoms with Gasteiger partial charge in [-0.05, 0) is 19.3 Å². The average molecular weight is 299 g/mol. The highest BCUT2D eigenvalue weighted by Crippen LogP contribution is 2.18. The fourth-order valence-corrected chi connectivity index (χ4v) is 2.80. The molecular formula is C12H17N3O4S. The molecule has 110 valence electrons. The van der Waals surface area contributed by atoms with Crippen molar-refractivity contribution in [3.63, 3.8) is 0 Å². The number of H-pyrrole nitrogens is 1. The first kappa shape index (κ1) is 14.7. The maximum atomic E-state index is 11.9. The molecule has 8 heteroatoms. The molecule has 1 saturated carbocycles. The third-order valence-corrected chi connectivity index (χ3v) is 4.38. The molecule has 1 heterocycles. The Balaban J connectivity index is 1.79. The van der Waals surface area contributed by atoms with Crippen LogP contribution >= 0.6 is 0 Å². The summed E-state index contributed by atoms with van der Waals surface area (Å²) >= 11 is 0. The quantitative estimate of drug-likeness (QED) is 0.601. The molecule has 3 N–H and O–H groups in total. The molecule has 0 unspecified atom stereocenters. The minimum atomic E-state index is -3.83. The number of rotatable bonds is 7. The first-order valence-corrected chi connectivity index (χ1v) is 7.93. The van der Waals surface area contributed by atoms with E-state index in [0.29, 0.717) is 12.5 Å². The van der Waals surface area contributed by atoms with Crippen molar-refractivity contribution in [2.75, 3.05) is 6.54 Å². The predicted octanol–water partition coefficient (Wildman–Crippen LogP) is -0.288. The lowest BCUT2D eigenvalue weighted by atomic mass is 10.3. The number of sulfonamides is 1. The molecule has 0 aromatic carbocycles. The molecule has 1 aliphatic carbocycles. The molecule has 0 saturated heterocycles. The number of aromatic amines is 1. The Hall–Kier alpha value is -1.67. The van der Waals surface area contributed by atoms with Crippen LogP contribution in [0.2, 0.25) is 0 Å². The predicted molar refractivity (Wildman–Crippen MR) is 72.6 cm³/mol. The van der Waals surface area contributed by atoms with Crippen LogP contribution < -0.4 is 15.5 Å². The zero-order valence-corrected chi connectivity index (χ0v) is 11.7. The molecule has 2 rings (SSSR count). The maximum Gasteiger partial charge on any atom is 0.245 e. The van der Waals surface area contributed by atoms with Crippen molar-refractivity contribution in [2.24, 2.45) is 0 Å². The molecule has 0 spiro atoms. The van der Waals surface area contributed by atoms with E-state index < -0.39 is 15.5 Å². The summed E-state index contributed by atoms with van der Waals surface area (Å²) in [5, 5.41) is 2.82. The lowest BCUT2D eigenvalue weighted by Gasteiger charge is -2.06. The lowest BCUT2D eigenvalue weighted by Crippen LogP contribution is -2.30. The number of carbonyl (C=O) groups excluding carboxylic acids is 1. The number of hydrogen-bond acceptors (Lipinski definition) is 4. The van der Waals surface area contributed by atoms with Crippen LogP contribution in [0.5, 0.6) is 0 Å². The second kappa shape index (κ2) is 6.19. The van der Waals surface area contributed by atoms with E-state index in [4.69, 9.17) is 0 Å². The van der Waals surface area contributed by atoms with Gasteiger partial charge in [0.2, 0.25) is 21.4 Å². The van der Waals surface area contributed by atoms with Crippen LogP contribution in [0.3, 0.4) is 0 Å². The molecular weight excluding hydrogens is 282 g/mol. The Kier molecular flexibility index (Phi) is 4.56. The number of pyridine rings is 1. The van der Waals surface area contributed by atoms with Crippen molar-refractivity contribution in [2.45, 2.75) is 36.6 Å². The van der Waals surface area contributed by atoms with Gasteiger partial charge in [0.25, 0.3) is 0 Å². The van der Waals surface area contributed by atoms with E-state index >= 15 is 0 Å². The van der Waals surface area contributed by atoms with Gasteiger partial charge in [0.15, 0.2) is 0 Å². The van der Waals surface area contributed by atoms with Crippen LogP contribution in [0.4, 0.5) is 0 Å². The third kappa shape index (κ3) is 4.17. The SMILES string of the molecule is O=C(CCCNS(=O)(=O)c1c[nH]ccc1=O)NC1CC1. The zero-order chi connectivity index (χ0) is 14.6. The van der Waals surface area contributed by atoms with E-state index in [9.17, 15) is 18.0 Å². The summed E-state index contributed by atoms with van der Waals surface area (Å²) < 4.78 is 26.0. The Labute approximate surface area is 116 Å². The fraction of sp³-hybridized carbons (Fsp3) is 0.500. The molecule has 1 amide bonds. The Morgan fingerprint density at radius 2 is 2.15 bits per heavy atom. The van der Waals surface area contributed by atoms with Crippen LogP contribution in [0, 0.1) is 0 Å². The average Bonchev–Trinajstić information content (AvgIpc) is 3.19. The number of hydrogen-bond donors (Lipinski definition) is 3. The largest absolute Gasteiger partial charge is 0.366 e. The van der Waals surface area contributed by atoms with Crippen molar-refractivity contribution in [1.29, 1.82) is 0 Å². The summed E-state index contributed by atoms with van der Waals surface area (Å²) in [6.07, 6.45) is 5.21. The number of amides is 1. The maximum absolute atomic E-state index is 11.9. The normalized spacial score (nSPS) is 15.0. The van der Waals surface area contributed by atoms with Crippen LogP contribution in [0.1, 0.15) is 25.7 Å². The van der Waals surface area contributed by atoms with Crippen molar-refractivity contribution in [3.05, 3.63) is 28.7 Å². The van der Waals surface area contributed by atoms with Gasteiger partial charge < -0.3 is 10.3 Å². The zero-order valence-electron chi connectivity index (χ0n) is 10.9. The molecule has 0 aliphatic heterocycles. The standard InChI is InChI=1S/C12H17N3O4S/c16-10-5-7-13-8-11(10)20(18,19)14-6-1-2-12(17)15-9-3-4-9/h5,7-9,14H,1-4,6H2,(H,13,16)(H,15,17). The van der Waals surface area contributed by atoms with Crippen LogP contribution in [-0.2, 0) is 14.8 Å². The summed E-state index contributed by atoms with van der Waals surface area (Å²) in [6.45, 7) is 0.120. The van der Waals surface area contributed by atoms with Crippen molar-refractivity contribution in [1.82, 2.24) is 15.0 Å². The molecule has 1 aromatic rings. The highest BCUT2D eigenvalue weighted by Gasteiger charge is 2.23. The highest BCUT2D eigenvalue weighted by atomic mass is 32.2. The smallest absolute Gasteiger partial charge is 0.245 e. The van der Waals surface area contributed by atoms with E-state index in [1.807, 2.05) is 0 Å². The summed E-state index contributed by atoms with van der Waals surface area (Å²) in [5.74, 6) is -0.0655. The van der Waals surface area contributed by atoms with Crippen molar-refractivity contribution >= 4 is 15.9 Å². The van der Waals surface area contributed by atoms with Crippen LogP contribution in [0.15, 0.2) is 28.2 Å². The van der Waals surface area contributed by atoms with Gasteiger partial charge in [0, 0.05) is 37.5 Å². The topological polar surface area (TPSA) is 108 Å². The number of aromatic nitrogens is 1. The van der Waals surface area contributed by atoms with Gasteiger partial charge in [0.1, 0.15) is 4.90 Å². The van der Waals surface area contributed by atoms with E-state index in [2.05, 4.69) is 15.0 Å². The summed E-state index contributed by atoms with van der Waals surface area (Å²) in [5.41, 5.74) is -0.567. The molecule has 7 nitrogen and oxygen atoms in total. The molecule has 20 heavy (non-hydrogen) atoms. The first-order valence-electron chi connectivity index (χ1n) is 6.45. The minimum absolute atomic E-state index is 0.0655. The molecule has 1 fully saturated rings. The summed E-state index contributed by atoms with van der Waals surface area (Å²) in [4.78, 5) is 25.1. The van der Waals surface area contributed by atoms with E-state index in [1.165, 1.54) is 6.20 Å². The van der Waals surface area contributed by atoms with Crippen LogP contribution in [-0.4, -0.2) is 31.9 Å². The number of carbonyl (C=O) groups is 1. The first-order chi connectivity index (χ1) is 9.49. The Bertz CT molecular complexity index is 634. The Morgan fingerprint density at radius 1 is 1.40 bits per heavy atom. The van der Waals surface area contributed by atoms with Crippen LogP contribution in [0.25, 0.3) is 0 Å². The fourth-order valence-electron chi connectivity index (χ4n) is 1.67. The van der Waals surface area contributed by atoms with Crippen molar-refractivity contribution in [3.8, 4) is 0 Å². The van der Waals surface area contributed by atoms with E-state index in [0.717, 1.165) is 25.1 Å². The highest BCUT2D eigenvalue weighted by molar-refractivity contribution is 7.89. The molecule has 1 aromatic heterocycles. The van der Waals surface area contributed by atoms with Crippen molar-refractivity contribution < 1.29 is 13.2 Å². The van der Waals surface area contributed by atoms with Gasteiger partial charge in [0.05, 0.1) is 0 Å². The summed E-state index contributed by atoms with van der Waals surface area (Å²) in [6, 6.07) is 1.46. The molecule has 1 aliphatic rings. The Morgan fingerprint density at radius 3 is 2.80 bits per heavy atom. The second-order valence-corrected chi connectivity index (χ2v) is 6.45. The lowest BCUT2D eigenvalue weighted by molar-refractivity contribution is -0.121. The monoisotopic (exact) mass is 299 g/mol. The molecule has 0 atom stereocenters. The van der Waals surface area contributed by atoms with E-state index in [-0.39, 0.29) is 23.8 Å². The van der Waals surface area contributed by atoms with Gasteiger partial charge in [-0.15, -0.1) is 0 Å². The van der Waals surface area contributed by atoms with E-state index in [1.54, 1.807) is 0 Å². The van der Waals surface area contributed by atoms with Gasteiger partial charge in [-0.3, -0.25) is 9.59 Å². The second-order valence-electron chi connectivity index (χ2n) is 4.72. The third-order valence-electron chi connectivity index (χ3n) is 2.89. The number of nitrogens with one attached hydrogen (secondary N) is 3. The van der Waals surface area contributed by atoms with Gasteiger partial charge in [-0.2, -0.15) is 0 Å². The molecule has 0 radical (unpaired) electrons. The van der Waals surface area contributed by atoms with Gasteiger partial charge in [-0.1, -0.05) is 0 Å². The minimum Gasteiger partial charge on any atom is -0.366 e.